The summed E-state index contributed by atoms with van der Waals surface area (Å²) in [7, 11) is -4.82. The number of nitrogens with zero attached hydrogens (tertiary/aromatic N) is 2. The Labute approximate surface area is 182 Å². The molecule has 0 saturated carbocycles. The van der Waals surface area contributed by atoms with Crippen LogP contribution in [0.2, 0.25) is 0 Å². The molecule has 2 aromatic carbocycles. The highest BCUT2D eigenvalue weighted by Crippen LogP contribution is 2.31. The number of carboxylic acids is 1. The minimum Gasteiger partial charge on any atom is -0.481 e. The van der Waals surface area contributed by atoms with E-state index in [-0.39, 0.29) is 9.79 Å². The van der Waals surface area contributed by atoms with Crippen molar-refractivity contribution >= 4 is 37.4 Å². The topological polar surface area (TPSA) is 124 Å². The third-order valence-corrected chi connectivity index (χ3v) is 8.46. The molecule has 0 spiro atoms. The molecule has 1 aliphatic heterocycles. The summed E-state index contributed by atoms with van der Waals surface area (Å²) in [6, 6.07) is 11.9. The highest BCUT2D eigenvalue weighted by Gasteiger charge is 2.26. The van der Waals surface area contributed by atoms with Gasteiger partial charge in [0.15, 0.2) is 0 Å². The van der Waals surface area contributed by atoms with Crippen molar-refractivity contribution in [1.29, 1.82) is 0 Å². The number of nitrogens with one attached hydrogen (secondary N) is 1. The van der Waals surface area contributed by atoms with Gasteiger partial charge in [-0.25, -0.2) is 21.1 Å². The summed E-state index contributed by atoms with van der Waals surface area (Å²) in [6.45, 7) is 1.01. The van der Waals surface area contributed by atoms with Crippen LogP contribution in [0.25, 0.3) is 0 Å². The zero-order valence-corrected chi connectivity index (χ0v) is 18.9. The Balaban J connectivity index is 1.82. The molecular weight excluding hydrogens is 442 g/mol. The Bertz CT molecular complexity index is 1150. The Hall–Kier alpha value is -2.63. The summed E-state index contributed by atoms with van der Waals surface area (Å²) in [5.41, 5.74) is 1.04. The molecule has 1 fully saturated rings. The number of benzene rings is 2. The standard InChI is InChI=1S/C20H25N3O6S2/c1-22(2)31(28,29)17-9-7-16(8-10-17)30(26,27)21-18-5-3-4-6-19(18)23-13-11-15(12-14-23)20(24)25/h3-10,15,21H,11-14H2,1-2H3,(H,24,25). The maximum absolute atomic E-state index is 12.9. The third kappa shape index (κ3) is 5.00. The van der Waals surface area contributed by atoms with Crippen LogP contribution in [-0.2, 0) is 24.8 Å². The second-order valence-electron chi connectivity index (χ2n) is 7.48. The van der Waals surface area contributed by atoms with Crippen molar-refractivity contribution < 1.29 is 26.7 Å². The summed E-state index contributed by atoms with van der Waals surface area (Å²) in [6.07, 6.45) is 0.969. The van der Waals surface area contributed by atoms with Gasteiger partial charge in [-0.15, -0.1) is 0 Å². The first-order valence-electron chi connectivity index (χ1n) is 9.64. The lowest BCUT2D eigenvalue weighted by Gasteiger charge is -2.33. The predicted molar refractivity (Wildman–Crippen MR) is 117 cm³/mol. The van der Waals surface area contributed by atoms with E-state index in [0.29, 0.717) is 37.3 Å². The van der Waals surface area contributed by atoms with Crippen LogP contribution in [0.5, 0.6) is 0 Å². The molecule has 2 N–H and O–H groups in total. The maximum Gasteiger partial charge on any atom is 0.306 e. The van der Waals surface area contributed by atoms with E-state index in [1.54, 1.807) is 24.3 Å². The zero-order chi connectivity index (χ0) is 22.8. The van der Waals surface area contributed by atoms with Gasteiger partial charge in [0.25, 0.3) is 10.0 Å². The molecule has 11 heteroatoms. The lowest BCUT2D eigenvalue weighted by Crippen LogP contribution is -2.36. The van der Waals surface area contributed by atoms with Crippen molar-refractivity contribution in [2.45, 2.75) is 22.6 Å². The number of para-hydroxylation sites is 2. The largest absolute Gasteiger partial charge is 0.481 e. The zero-order valence-electron chi connectivity index (χ0n) is 17.2. The van der Waals surface area contributed by atoms with E-state index in [2.05, 4.69) is 4.72 Å². The van der Waals surface area contributed by atoms with Gasteiger partial charge < -0.3 is 10.0 Å². The van der Waals surface area contributed by atoms with Crippen LogP contribution in [-0.4, -0.2) is 59.4 Å². The van der Waals surface area contributed by atoms with Gasteiger partial charge in [0, 0.05) is 27.2 Å². The van der Waals surface area contributed by atoms with Gasteiger partial charge in [-0.1, -0.05) is 12.1 Å². The molecule has 0 aromatic heterocycles. The molecule has 0 radical (unpaired) electrons. The van der Waals surface area contributed by atoms with Crippen molar-refractivity contribution in [2.75, 3.05) is 36.8 Å². The molecule has 1 saturated heterocycles. The molecule has 0 bridgehead atoms. The number of carboxylic acid groups (broad SMARTS) is 1. The molecule has 9 nitrogen and oxygen atoms in total. The fourth-order valence-electron chi connectivity index (χ4n) is 3.41. The van der Waals surface area contributed by atoms with Crippen molar-refractivity contribution in [3.05, 3.63) is 48.5 Å². The van der Waals surface area contributed by atoms with Crippen molar-refractivity contribution in [3.63, 3.8) is 0 Å². The fourth-order valence-corrected chi connectivity index (χ4v) is 5.38. The van der Waals surface area contributed by atoms with Crippen LogP contribution in [0.3, 0.4) is 0 Å². The molecule has 2 aromatic rings. The Kier molecular flexibility index (Phi) is 6.58. The minimum atomic E-state index is -3.96. The Morgan fingerprint density at radius 2 is 1.52 bits per heavy atom. The number of hydrogen-bond donors (Lipinski definition) is 2. The molecule has 0 atom stereocenters. The molecule has 168 valence electrons. The van der Waals surface area contributed by atoms with Crippen molar-refractivity contribution in [3.8, 4) is 0 Å². The summed E-state index contributed by atoms with van der Waals surface area (Å²) < 4.78 is 53.8. The SMILES string of the molecule is CN(C)S(=O)(=O)c1ccc(S(=O)(=O)Nc2ccccc2N2CCC(C(=O)O)CC2)cc1. The lowest BCUT2D eigenvalue weighted by molar-refractivity contribution is -0.142. The quantitative estimate of drug-likeness (QED) is 0.638. The van der Waals surface area contributed by atoms with E-state index in [1.807, 2.05) is 4.90 Å². The monoisotopic (exact) mass is 467 g/mol. The van der Waals surface area contributed by atoms with E-state index < -0.39 is 31.9 Å². The van der Waals surface area contributed by atoms with E-state index >= 15 is 0 Å². The van der Waals surface area contributed by atoms with Gasteiger partial charge >= 0.3 is 5.97 Å². The summed E-state index contributed by atoms with van der Waals surface area (Å²) in [5.74, 6) is -1.20. The molecule has 3 rings (SSSR count). The van der Waals surface area contributed by atoms with Gasteiger partial charge in [-0.05, 0) is 49.2 Å². The van der Waals surface area contributed by atoms with Crippen molar-refractivity contribution in [1.82, 2.24) is 4.31 Å². The number of rotatable bonds is 7. The Morgan fingerprint density at radius 3 is 2.06 bits per heavy atom. The number of carbonyl (C=O) groups is 1. The number of aliphatic carboxylic acids is 1. The van der Waals surface area contributed by atoms with Crippen LogP contribution >= 0.6 is 0 Å². The highest BCUT2D eigenvalue weighted by atomic mass is 32.2. The van der Waals surface area contributed by atoms with Gasteiger partial charge in [0.1, 0.15) is 0 Å². The first-order valence-corrected chi connectivity index (χ1v) is 12.6. The van der Waals surface area contributed by atoms with Crippen LogP contribution in [0, 0.1) is 5.92 Å². The first-order chi connectivity index (χ1) is 14.5. The molecule has 1 aliphatic rings. The lowest BCUT2D eigenvalue weighted by atomic mass is 9.96. The summed E-state index contributed by atoms with van der Waals surface area (Å²) in [5, 5.41) is 9.18. The minimum absolute atomic E-state index is 0.00171. The molecule has 0 unspecified atom stereocenters. The third-order valence-electron chi connectivity index (χ3n) is 5.25. The second-order valence-corrected chi connectivity index (χ2v) is 11.3. The summed E-state index contributed by atoms with van der Waals surface area (Å²) >= 11 is 0. The number of hydrogen-bond acceptors (Lipinski definition) is 6. The fraction of sp³-hybridized carbons (Fsp3) is 0.350. The van der Waals surface area contributed by atoms with E-state index in [1.165, 1.54) is 38.4 Å². The number of sulfonamides is 2. The maximum atomic E-state index is 12.9. The number of anilines is 2. The van der Waals surface area contributed by atoms with Gasteiger partial charge in [0.2, 0.25) is 10.0 Å². The number of piperidine rings is 1. The van der Waals surface area contributed by atoms with Gasteiger partial charge in [-0.2, -0.15) is 0 Å². The highest BCUT2D eigenvalue weighted by molar-refractivity contribution is 7.92. The molecule has 31 heavy (non-hydrogen) atoms. The van der Waals surface area contributed by atoms with Crippen molar-refractivity contribution in [2.24, 2.45) is 5.92 Å². The van der Waals surface area contributed by atoms with E-state index in [0.717, 1.165) is 4.31 Å². The Morgan fingerprint density at radius 1 is 0.968 bits per heavy atom. The van der Waals surface area contributed by atoms with Gasteiger partial charge in [0.05, 0.1) is 27.1 Å². The summed E-state index contributed by atoms with van der Waals surface area (Å²) in [4.78, 5) is 13.1. The van der Waals surface area contributed by atoms with Crippen LogP contribution in [0.1, 0.15) is 12.8 Å². The molecule has 1 heterocycles. The molecular formula is C20H25N3O6S2. The van der Waals surface area contributed by atoms with Crippen LogP contribution < -0.4 is 9.62 Å². The first kappa shape index (κ1) is 23.0. The second kappa shape index (κ2) is 8.85. The molecule has 0 aliphatic carbocycles. The predicted octanol–water partition coefficient (Wildman–Crippen LogP) is 2.04. The normalized spacial score (nSPS) is 15.8. The van der Waals surface area contributed by atoms with Crippen LogP contribution in [0.15, 0.2) is 58.3 Å². The van der Waals surface area contributed by atoms with Crippen LogP contribution in [0.4, 0.5) is 11.4 Å². The van der Waals surface area contributed by atoms with Gasteiger partial charge in [-0.3, -0.25) is 9.52 Å². The smallest absolute Gasteiger partial charge is 0.306 e. The molecule has 0 amide bonds. The van der Waals surface area contributed by atoms with E-state index in [9.17, 15) is 26.7 Å². The van der Waals surface area contributed by atoms with E-state index in [4.69, 9.17) is 0 Å². The average Bonchev–Trinajstić information content (AvgIpc) is 2.74. The average molecular weight is 468 g/mol.